The summed E-state index contributed by atoms with van der Waals surface area (Å²) in [4.78, 5) is 24.6. The van der Waals surface area contributed by atoms with Crippen molar-refractivity contribution in [2.24, 2.45) is 0 Å². The Hall–Kier alpha value is -2.18. The molecule has 0 aromatic carbocycles. The maximum absolute atomic E-state index is 12.5. The number of ether oxygens (including phenoxy) is 1. The molecule has 70 heavy (non-hydrogen) atoms. The summed E-state index contributed by atoms with van der Waals surface area (Å²) < 4.78 is 5.45. The second kappa shape index (κ2) is 59.4. The number of amides is 1. The fourth-order valence-corrected chi connectivity index (χ4v) is 9.35. The highest BCUT2D eigenvalue weighted by molar-refractivity contribution is 5.76. The SMILES string of the molecule is CCCCCC/C=C\C/C=C\CCCCCCCC(=O)OCCCCC/C=C\C/C=C\CCCCCCCCCC(=O)NC(CO)C(O)CCCCCCCCCCCCCCCCCCCCCC. The van der Waals surface area contributed by atoms with Crippen LogP contribution in [0.3, 0.4) is 0 Å². The molecule has 0 aromatic heterocycles. The van der Waals surface area contributed by atoms with Gasteiger partial charge < -0.3 is 20.3 Å². The molecular weight excluding hydrogens is 863 g/mol. The third-order valence-corrected chi connectivity index (χ3v) is 14.1. The van der Waals surface area contributed by atoms with Crippen LogP contribution in [0.2, 0.25) is 0 Å². The lowest BCUT2D eigenvalue weighted by atomic mass is 10.0. The average molecular weight is 983 g/mol. The zero-order chi connectivity index (χ0) is 50.7. The summed E-state index contributed by atoms with van der Waals surface area (Å²) in [6.45, 7) is 4.90. The number of carbonyl (C=O) groups is 2. The van der Waals surface area contributed by atoms with E-state index in [0.29, 0.717) is 25.9 Å². The molecule has 0 fully saturated rings. The highest BCUT2D eigenvalue weighted by Gasteiger charge is 2.20. The van der Waals surface area contributed by atoms with Gasteiger partial charge in [0, 0.05) is 12.8 Å². The van der Waals surface area contributed by atoms with Crippen LogP contribution in [-0.2, 0) is 14.3 Å². The summed E-state index contributed by atoms with van der Waals surface area (Å²) >= 11 is 0. The van der Waals surface area contributed by atoms with Gasteiger partial charge in [0.15, 0.2) is 0 Å². The lowest BCUT2D eigenvalue weighted by Gasteiger charge is -2.22. The van der Waals surface area contributed by atoms with Crippen LogP contribution < -0.4 is 5.32 Å². The fraction of sp³-hybridized carbons (Fsp3) is 0.844. The molecule has 0 radical (unpaired) electrons. The van der Waals surface area contributed by atoms with Crippen molar-refractivity contribution in [3.05, 3.63) is 48.6 Å². The van der Waals surface area contributed by atoms with E-state index >= 15 is 0 Å². The molecule has 0 aliphatic rings. The van der Waals surface area contributed by atoms with Crippen molar-refractivity contribution in [3.8, 4) is 0 Å². The zero-order valence-electron chi connectivity index (χ0n) is 46.7. The molecule has 2 atom stereocenters. The van der Waals surface area contributed by atoms with Crippen LogP contribution >= 0.6 is 0 Å². The Morgan fingerprint density at radius 3 is 1.10 bits per heavy atom. The maximum Gasteiger partial charge on any atom is 0.305 e. The molecule has 0 aromatic rings. The van der Waals surface area contributed by atoms with Crippen LogP contribution in [0.1, 0.15) is 322 Å². The fourth-order valence-electron chi connectivity index (χ4n) is 9.35. The van der Waals surface area contributed by atoms with Gasteiger partial charge in [-0.15, -0.1) is 0 Å². The molecule has 0 spiro atoms. The van der Waals surface area contributed by atoms with Crippen LogP contribution in [0, 0.1) is 0 Å². The van der Waals surface area contributed by atoms with E-state index in [4.69, 9.17) is 4.74 Å². The van der Waals surface area contributed by atoms with Gasteiger partial charge in [0.25, 0.3) is 0 Å². The molecule has 6 nitrogen and oxygen atoms in total. The predicted molar refractivity (Wildman–Crippen MR) is 306 cm³/mol. The molecule has 0 aliphatic heterocycles. The molecule has 6 heteroatoms. The average Bonchev–Trinajstić information content (AvgIpc) is 3.36. The smallest absolute Gasteiger partial charge is 0.305 e. The normalized spacial score (nSPS) is 12.9. The van der Waals surface area contributed by atoms with E-state index in [1.807, 2.05) is 0 Å². The van der Waals surface area contributed by atoms with Crippen molar-refractivity contribution < 1.29 is 24.5 Å². The van der Waals surface area contributed by atoms with Gasteiger partial charge in [0.1, 0.15) is 0 Å². The highest BCUT2D eigenvalue weighted by atomic mass is 16.5. The van der Waals surface area contributed by atoms with E-state index in [-0.39, 0.29) is 18.5 Å². The summed E-state index contributed by atoms with van der Waals surface area (Å²) in [5.41, 5.74) is 0. The minimum absolute atomic E-state index is 0.0289. The van der Waals surface area contributed by atoms with Gasteiger partial charge in [0.05, 0.1) is 25.4 Å². The Kier molecular flexibility index (Phi) is 57.5. The van der Waals surface area contributed by atoms with Crippen molar-refractivity contribution in [3.63, 3.8) is 0 Å². The minimum atomic E-state index is -0.677. The number of carbonyl (C=O) groups excluding carboxylic acids is 2. The second-order valence-electron chi connectivity index (χ2n) is 21.0. The maximum atomic E-state index is 12.5. The summed E-state index contributed by atoms with van der Waals surface area (Å²) in [6, 6.07) is -0.556. The number of rotatable bonds is 57. The van der Waals surface area contributed by atoms with E-state index < -0.39 is 12.1 Å². The molecule has 0 saturated carbocycles. The van der Waals surface area contributed by atoms with E-state index in [9.17, 15) is 19.8 Å². The molecule has 3 N–H and O–H groups in total. The molecule has 0 heterocycles. The zero-order valence-corrected chi connectivity index (χ0v) is 46.7. The molecule has 0 saturated heterocycles. The van der Waals surface area contributed by atoms with Crippen molar-refractivity contribution in [2.75, 3.05) is 13.2 Å². The molecule has 0 aliphatic carbocycles. The van der Waals surface area contributed by atoms with Crippen LogP contribution in [0.25, 0.3) is 0 Å². The van der Waals surface area contributed by atoms with Gasteiger partial charge in [-0.25, -0.2) is 0 Å². The first kappa shape index (κ1) is 67.8. The van der Waals surface area contributed by atoms with Crippen LogP contribution in [0.5, 0.6) is 0 Å². The largest absolute Gasteiger partial charge is 0.466 e. The lowest BCUT2D eigenvalue weighted by molar-refractivity contribution is -0.143. The standard InChI is InChI=1S/C64H119NO5/c1-3-5-7-9-11-13-15-17-19-21-22-23-25-28-32-36-40-44-48-52-56-62(67)61(60-66)65-63(68)57-53-49-45-41-37-33-29-26-24-27-31-35-39-43-47-51-55-59-70-64(69)58-54-50-46-42-38-34-30-20-18-16-14-12-10-8-6-4-2/h14,16,20,24,27,30,35,39,61-62,66-67H,3-13,15,17-19,21-23,25-26,28-29,31-34,36-38,40-60H2,1-2H3,(H,65,68)/b16-14-,27-24-,30-20-,39-35-. The first-order valence-corrected chi connectivity index (χ1v) is 30.9. The molecule has 410 valence electrons. The first-order valence-electron chi connectivity index (χ1n) is 30.9. The number of hydrogen-bond acceptors (Lipinski definition) is 5. The van der Waals surface area contributed by atoms with Crippen LogP contribution in [0.4, 0.5) is 0 Å². The molecule has 0 bridgehead atoms. The predicted octanol–water partition coefficient (Wildman–Crippen LogP) is 19.4. The van der Waals surface area contributed by atoms with E-state index in [0.717, 1.165) is 96.3 Å². The molecule has 2 unspecified atom stereocenters. The summed E-state index contributed by atoms with van der Waals surface area (Å²) in [6.07, 6.45) is 75.4. The van der Waals surface area contributed by atoms with E-state index in [2.05, 4.69) is 67.8 Å². The van der Waals surface area contributed by atoms with Gasteiger partial charge in [-0.2, -0.15) is 0 Å². The monoisotopic (exact) mass is 982 g/mol. The molecule has 1 amide bonds. The highest BCUT2D eigenvalue weighted by Crippen LogP contribution is 2.17. The van der Waals surface area contributed by atoms with Crippen molar-refractivity contribution >= 4 is 11.9 Å². The number of esters is 1. The van der Waals surface area contributed by atoms with Gasteiger partial charge in [-0.05, 0) is 96.3 Å². The number of hydrogen-bond donors (Lipinski definition) is 3. The number of aliphatic hydroxyl groups is 2. The van der Waals surface area contributed by atoms with Crippen molar-refractivity contribution in [1.82, 2.24) is 5.32 Å². The first-order chi connectivity index (χ1) is 34.5. The third kappa shape index (κ3) is 55.1. The Balaban J connectivity index is 3.51. The summed E-state index contributed by atoms with van der Waals surface area (Å²) in [5.74, 6) is -0.0786. The Labute approximate surface area is 436 Å². The lowest BCUT2D eigenvalue weighted by Crippen LogP contribution is -2.45. The summed E-state index contributed by atoms with van der Waals surface area (Å²) in [5, 5.41) is 23.3. The second-order valence-corrected chi connectivity index (χ2v) is 21.0. The van der Waals surface area contributed by atoms with Gasteiger partial charge >= 0.3 is 5.97 Å². The van der Waals surface area contributed by atoms with Gasteiger partial charge in [-0.1, -0.05) is 262 Å². The van der Waals surface area contributed by atoms with E-state index in [1.165, 1.54) is 193 Å². The summed E-state index contributed by atoms with van der Waals surface area (Å²) in [7, 11) is 0. The number of allylic oxidation sites excluding steroid dienone is 8. The topological polar surface area (TPSA) is 95.9 Å². The minimum Gasteiger partial charge on any atom is -0.466 e. The Morgan fingerprint density at radius 2 is 0.714 bits per heavy atom. The number of nitrogens with one attached hydrogen (secondary N) is 1. The van der Waals surface area contributed by atoms with Gasteiger partial charge in [-0.3, -0.25) is 9.59 Å². The Morgan fingerprint density at radius 1 is 0.400 bits per heavy atom. The molecule has 0 rings (SSSR count). The molecular formula is C64H119NO5. The van der Waals surface area contributed by atoms with E-state index in [1.54, 1.807) is 0 Å². The quantitative estimate of drug-likeness (QED) is 0.0321. The van der Waals surface area contributed by atoms with Crippen molar-refractivity contribution in [1.29, 1.82) is 0 Å². The van der Waals surface area contributed by atoms with Gasteiger partial charge in [0.2, 0.25) is 5.91 Å². The van der Waals surface area contributed by atoms with Crippen molar-refractivity contribution in [2.45, 2.75) is 334 Å². The third-order valence-electron chi connectivity index (χ3n) is 14.1. The van der Waals surface area contributed by atoms with Crippen LogP contribution in [-0.4, -0.2) is 47.4 Å². The Bertz CT molecular complexity index is 1180. The number of aliphatic hydroxyl groups excluding tert-OH is 2. The van der Waals surface area contributed by atoms with Crippen LogP contribution in [0.15, 0.2) is 48.6 Å². The number of unbranched alkanes of at least 4 members (excludes halogenated alkanes) is 38.